The van der Waals surface area contributed by atoms with Crippen molar-refractivity contribution < 1.29 is 13.2 Å². The van der Waals surface area contributed by atoms with Crippen molar-refractivity contribution in [3.05, 3.63) is 65.3 Å². The second-order valence-electron chi connectivity index (χ2n) is 8.76. The van der Waals surface area contributed by atoms with Crippen LogP contribution in [0.4, 0.5) is 11.8 Å². The van der Waals surface area contributed by atoms with E-state index in [9.17, 15) is 8.42 Å². The molecular weight excluding hydrogens is 452 g/mol. The van der Waals surface area contributed by atoms with Gasteiger partial charge in [0.15, 0.2) is 9.84 Å². The average molecular weight is 481 g/mol. The van der Waals surface area contributed by atoms with E-state index < -0.39 is 9.84 Å². The Labute approximate surface area is 199 Å². The van der Waals surface area contributed by atoms with Crippen LogP contribution in [0.2, 0.25) is 0 Å². The Kier molecular flexibility index (Phi) is 6.07. The van der Waals surface area contributed by atoms with Gasteiger partial charge in [0, 0.05) is 56.8 Å². The Morgan fingerprint density at radius 3 is 2.59 bits per heavy atom. The largest absolute Gasteiger partial charge is 0.474 e. The van der Waals surface area contributed by atoms with Gasteiger partial charge in [0.1, 0.15) is 18.2 Å². The first-order chi connectivity index (χ1) is 16.4. The molecule has 5 rings (SSSR count). The number of allylic oxidation sites excluding steroid dienone is 1. The third-order valence-corrected chi connectivity index (χ3v) is 7.57. The molecule has 2 aromatic rings. The smallest absolute Gasteiger partial charge is 0.225 e. The highest BCUT2D eigenvalue weighted by Gasteiger charge is 2.30. The Morgan fingerprint density at radius 1 is 1.12 bits per heavy atom. The van der Waals surface area contributed by atoms with Crippen LogP contribution in [0.5, 0.6) is 5.88 Å². The lowest BCUT2D eigenvalue weighted by Crippen LogP contribution is -2.39. The molecular formula is C24H28N6O3S. The first-order valence-corrected chi connectivity index (χ1v) is 13.4. The molecule has 1 atom stereocenters. The molecule has 0 amide bonds. The zero-order chi connectivity index (χ0) is 23.7. The minimum atomic E-state index is -3.22. The van der Waals surface area contributed by atoms with Gasteiger partial charge in [-0.05, 0) is 36.1 Å². The Balaban J connectivity index is 1.21. The summed E-state index contributed by atoms with van der Waals surface area (Å²) in [5.74, 6) is 2.04. The zero-order valence-corrected chi connectivity index (χ0v) is 20.1. The van der Waals surface area contributed by atoms with Crippen LogP contribution >= 0.6 is 0 Å². The molecule has 178 valence electrons. The van der Waals surface area contributed by atoms with E-state index in [-0.39, 0.29) is 12.1 Å². The maximum atomic E-state index is 11.9. The number of hydrogen-bond donors (Lipinski definition) is 0. The van der Waals surface area contributed by atoms with Crippen molar-refractivity contribution in [2.24, 2.45) is 0 Å². The quantitative estimate of drug-likeness (QED) is 0.618. The molecule has 2 aromatic heterocycles. The Hall–Kier alpha value is -3.27. The summed E-state index contributed by atoms with van der Waals surface area (Å²) in [6, 6.07) is 1.87. The van der Waals surface area contributed by atoms with Crippen LogP contribution in [0.3, 0.4) is 0 Å². The van der Waals surface area contributed by atoms with Crippen molar-refractivity contribution in [2.45, 2.75) is 44.8 Å². The maximum absolute atomic E-state index is 11.9. The number of hydrogen-bond acceptors (Lipinski definition) is 9. The summed E-state index contributed by atoms with van der Waals surface area (Å²) in [5, 5.41) is 0. The summed E-state index contributed by atoms with van der Waals surface area (Å²) < 4.78 is 30.0. The van der Waals surface area contributed by atoms with E-state index in [0.29, 0.717) is 17.2 Å². The summed E-state index contributed by atoms with van der Waals surface area (Å²) in [5.41, 5.74) is 2.10. The highest BCUT2D eigenvalue weighted by molar-refractivity contribution is 7.94. The van der Waals surface area contributed by atoms with Crippen LogP contribution in [0.25, 0.3) is 0 Å². The van der Waals surface area contributed by atoms with Gasteiger partial charge in [-0.1, -0.05) is 13.0 Å². The zero-order valence-electron chi connectivity index (χ0n) is 19.3. The van der Waals surface area contributed by atoms with Crippen molar-refractivity contribution in [2.75, 3.05) is 29.1 Å². The predicted molar refractivity (Wildman–Crippen MR) is 130 cm³/mol. The molecule has 3 aliphatic rings. The van der Waals surface area contributed by atoms with Gasteiger partial charge in [-0.15, -0.1) is 0 Å². The molecule has 0 saturated carbocycles. The molecule has 2 aliphatic heterocycles. The van der Waals surface area contributed by atoms with Crippen molar-refractivity contribution in [3.8, 4) is 5.88 Å². The van der Waals surface area contributed by atoms with Crippen LogP contribution < -0.4 is 14.5 Å². The second-order valence-corrected chi connectivity index (χ2v) is 10.8. The minimum absolute atomic E-state index is 0.0237. The van der Waals surface area contributed by atoms with Crippen LogP contribution in [0.1, 0.15) is 31.7 Å². The first kappa shape index (κ1) is 22.5. The highest BCUT2D eigenvalue weighted by Crippen LogP contribution is 2.34. The fourth-order valence-electron chi connectivity index (χ4n) is 4.46. The van der Waals surface area contributed by atoms with Gasteiger partial charge in [0.2, 0.25) is 11.8 Å². The third kappa shape index (κ3) is 4.68. The topological polar surface area (TPSA) is 101 Å². The van der Waals surface area contributed by atoms with E-state index in [0.717, 1.165) is 55.3 Å². The number of piperidine rings is 1. The molecule has 9 nitrogen and oxygen atoms in total. The molecule has 1 fully saturated rings. The predicted octanol–water partition coefficient (Wildman–Crippen LogP) is 2.84. The molecule has 0 radical (unpaired) electrons. The molecule has 0 spiro atoms. The number of anilines is 2. The van der Waals surface area contributed by atoms with E-state index in [1.54, 1.807) is 12.2 Å². The molecule has 0 N–H and O–H groups in total. The number of nitrogens with zero attached hydrogens (tertiary/aromatic N) is 6. The van der Waals surface area contributed by atoms with Crippen LogP contribution in [0.15, 0.2) is 59.7 Å². The van der Waals surface area contributed by atoms with Gasteiger partial charge < -0.3 is 14.5 Å². The summed E-state index contributed by atoms with van der Waals surface area (Å²) in [6.45, 7) is 3.75. The van der Waals surface area contributed by atoms with Gasteiger partial charge in [-0.2, -0.15) is 0 Å². The second kappa shape index (κ2) is 9.17. The molecule has 0 aromatic carbocycles. The lowest BCUT2D eigenvalue weighted by Gasteiger charge is -2.32. The number of fused-ring (bicyclic) bond motifs is 1. The van der Waals surface area contributed by atoms with Gasteiger partial charge in [-0.3, -0.25) is 0 Å². The molecule has 1 aliphatic carbocycles. The Bertz CT molecular complexity index is 1250. The lowest BCUT2D eigenvalue weighted by molar-refractivity contribution is 0.163. The normalized spacial score (nSPS) is 20.7. The standard InChI is InChI=1S/C24H28N6O3S/c1-3-17-14-25-24(26-15-17)29-9-7-19(8-10-29)33-23-13-22(27-16-28-23)30-11-6-18-12-20(34(2,31)32)4-5-21(18)30/h4,6,11-16,19,21H,3,5,7-10H2,1-2H3. The van der Waals surface area contributed by atoms with Crippen LogP contribution in [-0.4, -0.2) is 59.8 Å². The van der Waals surface area contributed by atoms with Crippen LogP contribution in [0, 0.1) is 0 Å². The van der Waals surface area contributed by atoms with Gasteiger partial charge in [0.05, 0.1) is 10.9 Å². The summed E-state index contributed by atoms with van der Waals surface area (Å²) in [4.78, 5) is 22.3. The molecule has 10 heteroatoms. The van der Waals surface area contributed by atoms with E-state index in [2.05, 4.69) is 31.8 Å². The van der Waals surface area contributed by atoms with E-state index in [1.165, 1.54) is 12.6 Å². The number of ether oxygens (including phenoxy) is 1. The van der Waals surface area contributed by atoms with E-state index in [4.69, 9.17) is 4.74 Å². The van der Waals surface area contributed by atoms with Crippen LogP contribution in [-0.2, 0) is 16.3 Å². The highest BCUT2D eigenvalue weighted by atomic mass is 32.2. The summed E-state index contributed by atoms with van der Waals surface area (Å²) >= 11 is 0. The van der Waals surface area contributed by atoms with Gasteiger partial charge in [0.25, 0.3) is 0 Å². The van der Waals surface area contributed by atoms with E-state index >= 15 is 0 Å². The molecule has 1 saturated heterocycles. The van der Waals surface area contributed by atoms with Crippen molar-refractivity contribution >= 4 is 21.6 Å². The fourth-order valence-corrected chi connectivity index (χ4v) is 5.20. The lowest BCUT2D eigenvalue weighted by atomic mass is 10.0. The molecule has 0 bridgehead atoms. The van der Waals surface area contributed by atoms with Crippen molar-refractivity contribution in [1.82, 2.24) is 19.9 Å². The molecule has 34 heavy (non-hydrogen) atoms. The summed E-state index contributed by atoms with van der Waals surface area (Å²) in [7, 11) is -3.22. The summed E-state index contributed by atoms with van der Waals surface area (Å²) in [6.07, 6.45) is 17.2. The number of sulfone groups is 1. The number of rotatable bonds is 6. The first-order valence-electron chi connectivity index (χ1n) is 11.5. The molecule has 4 heterocycles. The van der Waals surface area contributed by atoms with E-state index in [1.807, 2.05) is 35.6 Å². The minimum Gasteiger partial charge on any atom is -0.474 e. The number of aryl methyl sites for hydroxylation is 1. The number of aromatic nitrogens is 4. The van der Waals surface area contributed by atoms with Gasteiger partial charge in [-0.25, -0.2) is 28.4 Å². The average Bonchev–Trinajstić information content (AvgIpc) is 3.28. The fraction of sp³-hybridized carbons (Fsp3) is 0.417. The SMILES string of the molecule is CCc1cnc(N2CCC(Oc3cc(N4C=CC5=CC(S(C)(=O)=O)=CCC54)ncn3)CC2)nc1. The Morgan fingerprint density at radius 2 is 1.88 bits per heavy atom. The van der Waals surface area contributed by atoms with Gasteiger partial charge >= 0.3 is 0 Å². The van der Waals surface area contributed by atoms with Crippen molar-refractivity contribution in [3.63, 3.8) is 0 Å². The monoisotopic (exact) mass is 480 g/mol. The van der Waals surface area contributed by atoms with Crippen molar-refractivity contribution in [1.29, 1.82) is 0 Å². The maximum Gasteiger partial charge on any atom is 0.225 e. The third-order valence-electron chi connectivity index (χ3n) is 6.43. The molecule has 1 unspecified atom stereocenters.